The molecule has 0 fully saturated rings. The van der Waals surface area contributed by atoms with Crippen LogP contribution in [0.5, 0.6) is 0 Å². The van der Waals surface area contributed by atoms with Crippen molar-refractivity contribution < 1.29 is 14.9 Å². The maximum absolute atomic E-state index is 8.46. The van der Waals surface area contributed by atoms with Crippen LogP contribution in [0.15, 0.2) is 0 Å². The lowest BCUT2D eigenvalue weighted by Gasteiger charge is -1.24. The van der Waals surface area contributed by atoms with Crippen molar-refractivity contribution in [1.29, 1.82) is 0 Å². The molecule has 0 bridgehead atoms. The van der Waals surface area contributed by atoms with E-state index in [2.05, 4.69) is 17.9 Å². The fourth-order valence-corrected chi connectivity index (χ4v) is 0. The van der Waals surface area contributed by atoms with Crippen LogP contribution in [0, 0.1) is 9.93 Å². The fraction of sp³-hybridized carbons (Fsp3) is 1.00. The number of hydrogen-bond donors (Lipinski definition) is 1. The SMILES string of the molecule is C.C.C.C.C.CC.O.O=O.O=PO.PP. The smallest absolute Gasteiger partial charge is 0.324 e. The van der Waals surface area contributed by atoms with Gasteiger partial charge in [-0.2, -0.15) is 0 Å². The summed E-state index contributed by atoms with van der Waals surface area (Å²) in [5, 5.41) is 0. The molecule has 0 saturated carbocycles. The summed E-state index contributed by atoms with van der Waals surface area (Å²) < 4.78 is 8.46. The Morgan fingerprint density at radius 3 is 0.867 bits per heavy atom. The first-order valence-electron chi connectivity index (χ1n) is 1.88. The molecule has 0 heterocycles. The van der Waals surface area contributed by atoms with E-state index in [9.17, 15) is 0 Å². The van der Waals surface area contributed by atoms with E-state index in [4.69, 9.17) is 19.4 Å². The summed E-state index contributed by atoms with van der Waals surface area (Å²) in [5.74, 6) is 0. The second-order valence-corrected chi connectivity index (χ2v) is 0.245. The van der Waals surface area contributed by atoms with Gasteiger partial charge >= 0.3 is 8.69 Å². The van der Waals surface area contributed by atoms with Crippen LogP contribution in [-0.4, -0.2) is 10.4 Å². The molecule has 0 aromatic rings. The van der Waals surface area contributed by atoms with Gasteiger partial charge in [-0.05, 0) is 0 Å². The molecule has 0 radical (unpaired) electrons. The third kappa shape index (κ3) is 9790. The predicted octanol–water partition coefficient (Wildman–Crippen LogP) is 4.29. The van der Waals surface area contributed by atoms with Crippen LogP contribution in [0.25, 0.3) is 0 Å². The van der Waals surface area contributed by atoms with E-state index in [-0.39, 0.29) is 42.6 Å². The van der Waals surface area contributed by atoms with Crippen LogP contribution in [0.3, 0.4) is 0 Å². The Kier molecular flexibility index (Phi) is 8660. The molecule has 0 aliphatic carbocycles. The van der Waals surface area contributed by atoms with Gasteiger partial charge in [0.2, 0.25) is 0 Å². The van der Waals surface area contributed by atoms with Gasteiger partial charge in [0.05, 0.1) is 0 Å². The normalized spacial score (nSPS) is 2.47. The van der Waals surface area contributed by atoms with E-state index < -0.39 is 8.69 Å². The first-order chi connectivity index (χ1) is 4.41. The first kappa shape index (κ1) is 108. The third-order valence-electron chi connectivity index (χ3n) is 0. The molecule has 5 nitrogen and oxygen atoms in total. The summed E-state index contributed by atoms with van der Waals surface area (Å²) in [7, 11) is 3.83. The van der Waals surface area contributed by atoms with Gasteiger partial charge < -0.3 is 10.4 Å². The summed E-state index contributed by atoms with van der Waals surface area (Å²) in [6, 6.07) is 0. The minimum atomic E-state index is -0.833. The standard InChI is InChI=1S/C2H6.5CH4.HO2P.O2.H2O.H4P2/c1-2;;;;;;1-3-2;1-2;;1-2/h1-2H3;5*1H4;(H,1,2);;1H2;1-2H2. The molecule has 0 aromatic carbocycles. The lowest BCUT2D eigenvalue weighted by atomic mass is 11.0. The van der Waals surface area contributed by atoms with E-state index in [1.807, 2.05) is 13.8 Å². The van der Waals surface area contributed by atoms with Crippen molar-refractivity contribution in [2.75, 3.05) is 0 Å². The Bertz CT molecular complexity index is 36.6. The fourth-order valence-electron chi connectivity index (χ4n) is 0. The summed E-state index contributed by atoms with van der Waals surface area (Å²) in [5.41, 5.74) is 0. The van der Waals surface area contributed by atoms with Crippen LogP contribution in [0.1, 0.15) is 51.0 Å². The third-order valence-corrected chi connectivity index (χ3v) is 0. The predicted molar refractivity (Wildman–Crippen MR) is 84.6 cm³/mol. The second kappa shape index (κ2) is 1200. The molecule has 2 unspecified atom stereocenters. The van der Waals surface area contributed by atoms with Gasteiger partial charge in [-0.15, -0.1) is 17.9 Å². The minimum Gasteiger partial charge on any atom is -0.412 e. The maximum Gasteiger partial charge on any atom is 0.324 e. The van der Waals surface area contributed by atoms with E-state index in [0.29, 0.717) is 0 Å². The Morgan fingerprint density at radius 2 is 0.867 bits per heavy atom. The Balaban J connectivity index is -0.00000000248. The molecule has 2 atom stereocenters. The second-order valence-electron chi connectivity index (χ2n) is 0.0816. The largest absolute Gasteiger partial charge is 0.412 e. The van der Waals surface area contributed by atoms with Crippen molar-refractivity contribution in [3.05, 3.63) is 9.93 Å². The molecule has 0 spiro atoms. The van der Waals surface area contributed by atoms with Gasteiger partial charge in [-0.3, -0.25) is 0 Å². The highest BCUT2D eigenvalue weighted by molar-refractivity contribution is 7.92. The molecule has 106 valence electrons. The van der Waals surface area contributed by atoms with Crippen molar-refractivity contribution in [3.63, 3.8) is 0 Å². The van der Waals surface area contributed by atoms with Gasteiger partial charge in [0.15, 0.2) is 0 Å². The van der Waals surface area contributed by atoms with Crippen molar-refractivity contribution >= 4 is 26.5 Å². The van der Waals surface area contributed by atoms with E-state index in [0.717, 1.165) is 0 Å². The number of rotatable bonds is 0. The molecule has 0 amide bonds. The summed E-state index contributed by atoms with van der Waals surface area (Å²) in [6.45, 7) is 4.00. The highest BCUT2D eigenvalue weighted by atomic mass is 32.0. The zero-order chi connectivity index (χ0) is 8.71. The minimum absolute atomic E-state index is 0. The quantitative estimate of drug-likeness (QED) is 0.672. The van der Waals surface area contributed by atoms with Crippen molar-refractivity contribution in [1.82, 2.24) is 0 Å². The molecule has 15 heavy (non-hydrogen) atoms. The van der Waals surface area contributed by atoms with Crippen molar-refractivity contribution in [3.8, 4) is 0 Å². The van der Waals surface area contributed by atoms with Crippen LogP contribution >= 0.6 is 26.5 Å². The van der Waals surface area contributed by atoms with Crippen molar-refractivity contribution in [2.45, 2.75) is 51.0 Å². The molecular formula is C7H33O5P3. The monoisotopic (exact) mass is 290 g/mol. The molecule has 0 saturated heterocycles. The van der Waals surface area contributed by atoms with Crippen LogP contribution in [-0.2, 0) is 4.57 Å². The van der Waals surface area contributed by atoms with Gasteiger partial charge in [-0.25, -0.2) is 4.57 Å². The summed E-state index contributed by atoms with van der Waals surface area (Å²) in [6.07, 6.45) is 0. The first-order valence-corrected chi connectivity index (χ1v) is 5.31. The van der Waals surface area contributed by atoms with Crippen LogP contribution < -0.4 is 0 Å². The van der Waals surface area contributed by atoms with E-state index in [1.165, 1.54) is 0 Å². The van der Waals surface area contributed by atoms with Gasteiger partial charge in [0.25, 0.3) is 0 Å². The highest BCUT2D eigenvalue weighted by Crippen LogP contribution is 1.86. The highest BCUT2D eigenvalue weighted by Gasteiger charge is 1.28. The zero-order valence-electron chi connectivity index (χ0n) is 5.77. The Labute approximate surface area is 103 Å². The van der Waals surface area contributed by atoms with Crippen molar-refractivity contribution in [2.24, 2.45) is 0 Å². The zero-order valence-corrected chi connectivity index (χ0v) is 8.98. The Hall–Kier alpha value is 0.480. The molecule has 3 N–H and O–H groups in total. The van der Waals surface area contributed by atoms with E-state index >= 15 is 0 Å². The van der Waals surface area contributed by atoms with E-state index in [1.54, 1.807) is 0 Å². The van der Waals surface area contributed by atoms with Gasteiger partial charge in [0.1, 0.15) is 0 Å². The molecule has 0 aliphatic heterocycles. The lowest BCUT2D eigenvalue weighted by molar-refractivity contribution is 0.524. The number of hydrogen-bond acceptors (Lipinski definition) is 3. The average molecular weight is 290 g/mol. The van der Waals surface area contributed by atoms with Gasteiger partial charge in [0, 0.05) is 9.93 Å². The van der Waals surface area contributed by atoms with Crippen LogP contribution in [0.2, 0.25) is 0 Å². The molecular weight excluding hydrogens is 257 g/mol. The lowest BCUT2D eigenvalue weighted by Crippen LogP contribution is -1.03. The Morgan fingerprint density at radius 1 is 0.867 bits per heavy atom. The summed E-state index contributed by atoms with van der Waals surface area (Å²) >= 11 is 0. The van der Waals surface area contributed by atoms with Crippen LogP contribution in [0.4, 0.5) is 0 Å². The molecule has 8 heteroatoms. The topological polar surface area (TPSA) is 103 Å². The van der Waals surface area contributed by atoms with Gasteiger partial charge in [-0.1, -0.05) is 51.0 Å². The summed E-state index contributed by atoms with van der Waals surface area (Å²) in [4.78, 5) is 21.0. The molecule has 0 rings (SSSR count). The molecule has 0 aromatic heterocycles. The molecule has 0 aliphatic rings. The maximum atomic E-state index is 8.46. The average Bonchev–Trinajstić information content (AvgIpc) is 2.01.